The van der Waals surface area contributed by atoms with E-state index < -0.39 is 0 Å². The Balaban J connectivity index is 2.19. The average Bonchev–Trinajstić information content (AvgIpc) is 2.43. The summed E-state index contributed by atoms with van der Waals surface area (Å²) in [5.41, 5.74) is 6.73. The van der Waals surface area contributed by atoms with Gasteiger partial charge in [0.25, 0.3) is 0 Å². The molecule has 0 spiro atoms. The van der Waals surface area contributed by atoms with Gasteiger partial charge in [0.1, 0.15) is 0 Å². The normalized spacial score (nSPS) is 10.9. The molecule has 0 bridgehead atoms. The molecule has 19 heavy (non-hydrogen) atoms. The minimum absolute atomic E-state index is 1.30. The van der Waals surface area contributed by atoms with Gasteiger partial charge in [-0.15, -0.1) is 0 Å². The quantitative estimate of drug-likeness (QED) is 0.537. The maximum atomic E-state index is 2.28. The van der Waals surface area contributed by atoms with Crippen LogP contribution in [0.2, 0.25) is 0 Å². The summed E-state index contributed by atoms with van der Waals surface area (Å²) in [5, 5.41) is 2.60. The number of benzene rings is 3. The second-order valence-corrected chi connectivity index (χ2v) is 5.30. The summed E-state index contributed by atoms with van der Waals surface area (Å²) >= 11 is 0. The molecule has 0 amide bonds. The molecule has 3 aromatic carbocycles. The smallest absolute Gasteiger partial charge is 0.0177 e. The van der Waals surface area contributed by atoms with E-state index in [1.165, 1.54) is 38.6 Å². The predicted octanol–water partition coefficient (Wildman–Crippen LogP) is 5.43. The Labute approximate surface area is 114 Å². The van der Waals surface area contributed by atoms with E-state index in [1.807, 2.05) is 0 Å². The molecule has 0 radical (unpaired) electrons. The second-order valence-electron chi connectivity index (χ2n) is 5.30. The minimum atomic E-state index is 1.30. The summed E-state index contributed by atoms with van der Waals surface area (Å²) in [4.78, 5) is 0. The molecule has 0 aliphatic rings. The molecule has 3 aromatic rings. The van der Waals surface area contributed by atoms with Crippen LogP contribution < -0.4 is 0 Å². The molecule has 0 fully saturated rings. The first-order valence-electron chi connectivity index (χ1n) is 6.72. The first kappa shape index (κ1) is 12.0. The fourth-order valence-electron chi connectivity index (χ4n) is 2.57. The van der Waals surface area contributed by atoms with Crippen LogP contribution in [0.5, 0.6) is 0 Å². The maximum Gasteiger partial charge on any atom is -0.0177 e. The molecular weight excluding hydrogens is 228 g/mol. The third kappa shape index (κ3) is 2.15. The van der Waals surface area contributed by atoms with E-state index in [1.54, 1.807) is 0 Å². The lowest BCUT2D eigenvalue weighted by Crippen LogP contribution is -1.88. The zero-order valence-electron chi connectivity index (χ0n) is 11.7. The SMILES string of the molecule is Cc1cc(-c2ccc3ccccc3c2)cc(C)c1C. The third-order valence-electron chi connectivity index (χ3n) is 4.01. The molecule has 0 atom stereocenters. The molecule has 0 aliphatic heterocycles. The highest BCUT2D eigenvalue weighted by Crippen LogP contribution is 2.27. The van der Waals surface area contributed by atoms with Crippen LogP contribution in [0.15, 0.2) is 54.6 Å². The molecule has 0 unspecified atom stereocenters. The van der Waals surface area contributed by atoms with Gasteiger partial charge < -0.3 is 0 Å². The van der Waals surface area contributed by atoms with Crippen molar-refractivity contribution in [3.05, 3.63) is 71.3 Å². The van der Waals surface area contributed by atoms with Crippen molar-refractivity contribution in [3.63, 3.8) is 0 Å². The topological polar surface area (TPSA) is 0 Å². The Hall–Kier alpha value is -2.08. The molecule has 94 valence electrons. The highest BCUT2D eigenvalue weighted by Gasteiger charge is 2.04. The zero-order valence-corrected chi connectivity index (χ0v) is 11.7. The Morgan fingerprint density at radius 3 is 1.89 bits per heavy atom. The van der Waals surface area contributed by atoms with E-state index in [-0.39, 0.29) is 0 Å². The Bertz CT molecular complexity index is 728. The third-order valence-corrected chi connectivity index (χ3v) is 4.01. The number of hydrogen-bond acceptors (Lipinski definition) is 0. The van der Waals surface area contributed by atoms with E-state index in [4.69, 9.17) is 0 Å². The first-order valence-corrected chi connectivity index (χ1v) is 6.72. The minimum Gasteiger partial charge on any atom is -0.0616 e. The van der Waals surface area contributed by atoms with Crippen LogP contribution in [0.25, 0.3) is 21.9 Å². The van der Waals surface area contributed by atoms with Crippen molar-refractivity contribution in [2.45, 2.75) is 20.8 Å². The second kappa shape index (κ2) is 4.55. The molecule has 0 saturated heterocycles. The summed E-state index contributed by atoms with van der Waals surface area (Å²) in [6, 6.07) is 19.8. The van der Waals surface area contributed by atoms with Crippen LogP contribution >= 0.6 is 0 Å². The summed E-state index contributed by atoms with van der Waals surface area (Å²) < 4.78 is 0. The van der Waals surface area contributed by atoms with Crippen LogP contribution in [0.1, 0.15) is 16.7 Å². The Morgan fingerprint density at radius 1 is 0.579 bits per heavy atom. The van der Waals surface area contributed by atoms with Gasteiger partial charge in [-0.1, -0.05) is 48.5 Å². The van der Waals surface area contributed by atoms with Gasteiger partial charge in [0, 0.05) is 0 Å². The molecular formula is C19H18. The van der Waals surface area contributed by atoms with Crippen molar-refractivity contribution in [1.82, 2.24) is 0 Å². The van der Waals surface area contributed by atoms with Gasteiger partial charge in [-0.25, -0.2) is 0 Å². The zero-order chi connectivity index (χ0) is 13.4. The number of hydrogen-bond donors (Lipinski definition) is 0. The maximum absolute atomic E-state index is 2.28. The van der Waals surface area contributed by atoms with Crippen molar-refractivity contribution >= 4 is 10.8 Å². The van der Waals surface area contributed by atoms with Gasteiger partial charge in [0.05, 0.1) is 0 Å². The predicted molar refractivity (Wildman–Crippen MR) is 83.6 cm³/mol. The summed E-state index contributed by atoms with van der Waals surface area (Å²) in [5.74, 6) is 0. The molecule has 0 heterocycles. The van der Waals surface area contributed by atoms with Crippen molar-refractivity contribution in [2.75, 3.05) is 0 Å². The van der Waals surface area contributed by atoms with Crippen molar-refractivity contribution in [1.29, 1.82) is 0 Å². The largest absolute Gasteiger partial charge is 0.0616 e. The molecule has 0 nitrogen and oxygen atoms in total. The lowest BCUT2D eigenvalue weighted by molar-refractivity contribution is 1.27. The van der Waals surface area contributed by atoms with Crippen molar-refractivity contribution in [2.24, 2.45) is 0 Å². The van der Waals surface area contributed by atoms with Gasteiger partial charge in [0.15, 0.2) is 0 Å². The van der Waals surface area contributed by atoms with E-state index in [0.29, 0.717) is 0 Å². The van der Waals surface area contributed by atoms with Gasteiger partial charge in [-0.3, -0.25) is 0 Å². The molecule has 0 saturated carbocycles. The number of aryl methyl sites for hydroxylation is 2. The molecule has 0 N–H and O–H groups in total. The van der Waals surface area contributed by atoms with Crippen LogP contribution in [0, 0.1) is 20.8 Å². The Kier molecular flexibility index (Phi) is 2.87. The number of rotatable bonds is 1. The van der Waals surface area contributed by atoms with E-state index in [0.717, 1.165) is 0 Å². The van der Waals surface area contributed by atoms with Crippen LogP contribution in [0.3, 0.4) is 0 Å². The van der Waals surface area contributed by atoms with Crippen LogP contribution in [-0.4, -0.2) is 0 Å². The van der Waals surface area contributed by atoms with Gasteiger partial charge in [-0.05, 0) is 65.4 Å². The fraction of sp³-hybridized carbons (Fsp3) is 0.158. The highest BCUT2D eigenvalue weighted by molar-refractivity contribution is 5.87. The van der Waals surface area contributed by atoms with Gasteiger partial charge >= 0.3 is 0 Å². The summed E-state index contributed by atoms with van der Waals surface area (Å²) in [7, 11) is 0. The lowest BCUT2D eigenvalue weighted by atomic mass is 9.95. The molecule has 0 heteroatoms. The summed E-state index contributed by atoms with van der Waals surface area (Å²) in [6.07, 6.45) is 0. The van der Waals surface area contributed by atoms with E-state index >= 15 is 0 Å². The standard InChI is InChI=1S/C19H18/c1-13-10-19(11-14(2)15(13)3)18-9-8-16-6-4-5-7-17(16)12-18/h4-12H,1-3H3. The van der Waals surface area contributed by atoms with E-state index in [9.17, 15) is 0 Å². The molecule has 3 rings (SSSR count). The fourth-order valence-corrected chi connectivity index (χ4v) is 2.57. The van der Waals surface area contributed by atoms with Gasteiger partial charge in [0.2, 0.25) is 0 Å². The average molecular weight is 246 g/mol. The van der Waals surface area contributed by atoms with E-state index in [2.05, 4.69) is 75.4 Å². The summed E-state index contributed by atoms with van der Waals surface area (Å²) in [6.45, 7) is 6.56. The first-order chi connectivity index (χ1) is 9.15. The Morgan fingerprint density at radius 2 is 1.21 bits per heavy atom. The van der Waals surface area contributed by atoms with Crippen LogP contribution in [0.4, 0.5) is 0 Å². The molecule has 0 aliphatic carbocycles. The van der Waals surface area contributed by atoms with Crippen LogP contribution in [-0.2, 0) is 0 Å². The lowest BCUT2D eigenvalue weighted by Gasteiger charge is -2.10. The highest BCUT2D eigenvalue weighted by atomic mass is 14.1. The molecule has 0 aromatic heterocycles. The van der Waals surface area contributed by atoms with Crippen molar-refractivity contribution in [3.8, 4) is 11.1 Å². The monoisotopic (exact) mass is 246 g/mol. The number of fused-ring (bicyclic) bond motifs is 1. The van der Waals surface area contributed by atoms with Gasteiger partial charge in [-0.2, -0.15) is 0 Å². The van der Waals surface area contributed by atoms with Crippen molar-refractivity contribution < 1.29 is 0 Å².